The molecule has 0 unspecified atom stereocenters. The standard InChI is InChI=1S/C98H72BN5/c1-97(2,3)65-55-75(61-31-11-7-12-32-61)92(76(56-65)62-33-13-8-14-34-62)103-87-59-67(100-81-45-25-19-39-69(81)70-40-20-26-46-82(70)100)51-53-79(87)99-80-54-52-68(101-83-47-27-21-41-71(83)72-42-22-28-48-84(72)101)60-88(80)104(93-77(63-35-15-9-16-36-63)57-66(98(4,5)6)58-78(93)64-37-17-10-18-38-64)96-90-74-44-24-30-50-86(74)102-85-49-29-23-43-73(85)89(94(90)102)95(103)91(96)99/h7-60H,1-6H3. The van der Waals surface area contributed by atoms with Gasteiger partial charge in [0.15, 0.2) is 0 Å². The second-order valence-electron chi connectivity index (χ2n) is 30.7. The molecule has 2 aliphatic rings. The molecule has 104 heavy (non-hydrogen) atoms. The van der Waals surface area contributed by atoms with Gasteiger partial charge in [-0.3, -0.25) is 0 Å². The Labute approximate surface area is 605 Å². The van der Waals surface area contributed by atoms with Gasteiger partial charge in [-0.15, -0.1) is 0 Å². The van der Waals surface area contributed by atoms with Crippen LogP contribution in [0.4, 0.5) is 34.1 Å². The molecule has 0 fully saturated rings. The van der Waals surface area contributed by atoms with E-state index in [4.69, 9.17) is 0 Å². The zero-order chi connectivity index (χ0) is 69.4. The number of hydrogen-bond acceptors (Lipinski definition) is 2. The monoisotopic (exact) mass is 1330 g/mol. The van der Waals surface area contributed by atoms with Crippen molar-refractivity contribution < 1.29 is 0 Å². The van der Waals surface area contributed by atoms with Crippen molar-refractivity contribution in [1.29, 1.82) is 0 Å². The average Bonchev–Trinajstić information content (AvgIpc) is 1.36. The van der Waals surface area contributed by atoms with Crippen LogP contribution in [0.25, 0.3) is 138 Å². The fourth-order valence-corrected chi connectivity index (χ4v) is 18.1. The lowest BCUT2D eigenvalue weighted by molar-refractivity contribution is 0.590. The Kier molecular flexibility index (Phi) is 13.0. The van der Waals surface area contributed by atoms with Gasteiger partial charge in [0.25, 0.3) is 6.71 Å². The van der Waals surface area contributed by atoms with Crippen LogP contribution in [0, 0.1) is 0 Å². The van der Waals surface area contributed by atoms with Crippen molar-refractivity contribution in [3.05, 3.63) is 339 Å². The van der Waals surface area contributed by atoms with E-state index in [9.17, 15) is 0 Å². The minimum atomic E-state index is -0.309. The van der Waals surface area contributed by atoms with Crippen LogP contribution in [-0.2, 0) is 10.8 Å². The van der Waals surface area contributed by atoms with Gasteiger partial charge in [0.05, 0.1) is 61.4 Å². The van der Waals surface area contributed by atoms with Crippen molar-refractivity contribution in [2.45, 2.75) is 52.4 Å². The maximum absolute atomic E-state index is 2.80. The summed E-state index contributed by atoms with van der Waals surface area (Å²) < 4.78 is 7.66. The van der Waals surface area contributed by atoms with Crippen LogP contribution < -0.4 is 26.2 Å². The fourth-order valence-electron chi connectivity index (χ4n) is 18.1. The number of para-hydroxylation sites is 6. The summed E-state index contributed by atoms with van der Waals surface area (Å²) in [5.41, 5.74) is 32.3. The predicted molar refractivity (Wildman–Crippen MR) is 443 cm³/mol. The molecule has 0 saturated heterocycles. The lowest BCUT2D eigenvalue weighted by Crippen LogP contribution is -2.61. The summed E-state index contributed by atoms with van der Waals surface area (Å²) in [5.74, 6) is 0. The average molecular weight is 1330 g/mol. The first kappa shape index (κ1) is 60.2. The molecule has 4 aromatic heterocycles. The quantitative estimate of drug-likeness (QED) is 0.141. The van der Waals surface area contributed by atoms with E-state index in [0.717, 1.165) is 78.6 Å². The SMILES string of the molecule is CC(C)(C)c1cc(-c2ccccc2)c(N2c3cc(-n4c5ccccc5c5ccccc54)ccc3B3c4ccc(-n5c6ccccc6c6ccccc65)cc4N(c4c(-c5ccccc5)cc(C(C)(C)C)cc4-c4ccccc4)c4c3c2c2c3ccccc3n3c5ccccc5c4c23)c(-c2ccccc2)c1. The molecule has 21 rings (SSSR count). The third-order valence-electron chi connectivity index (χ3n) is 22.8. The highest BCUT2D eigenvalue weighted by molar-refractivity contribution is 7.01. The molecule has 15 aromatic carbocycles. The normalized spacial score (nSPS) is 13.0. The van der Waals surface area contributed by atoms with Crippen molar-refractivity contribution in [2.24, 2.45) is 0 Å². The maximum Gasteiger partial charge on any atom is 0.252 e. The van der Waals surface area contributed by atoms with Gasteiger partial charge in [-0.1, -0.05) is 284 Å². The second-order valence-corrected chi connectivity index (χ2v) is 30.7. The lowest BCUT2D eigenvalue weighted by atomic mass is 9.33. The summed E-state index contributed by atoms with van der Waals surface area (Å²) >= 11 is 0. The molecule has 0 aliphatic carbocycles. The molecular formula is C98H72BN5. The molecule has 6 heterocycles. The molecule has 2 aliphatic heterocycles. The molecule has 0 spiro atoms. The Morgan fingerprint density at radius 1 is 0.260 bits per heavy atom. The number of hydrogen-bond donors (Lipinski definition) is 0. The van der Waals surface area contributed by atoms with Crippen LogP contribution in [0.2, 0.25) is 0 Å². The van der Waals surface area contributed by atoms with Gasteiger partial charge in [-0.2, -0.15) is 0 Å². The molecular weight excluding hydrogens is 1260 g/mol. The second kappa shape index (κ2) is 22.4. The van der Waals surface area contributed by atoms with Crippen molar-refractivity contribution in [3.8, 4) is 55.9 Å². The molecule has 0 radical (unpaired) electrons. The number of fused-ring (bicyclic) bond motifs is 18. The molecule has 0 bridgehead atoms. The topological polar surface area (TPSA) is 20.8 Å². The van der Waals surface area contributed by atoms with Crippen LogP contribution >= 0.6 is 0 Å². The smallest absolute Gasteiger partial charge is 0.252 e. The Bertz CT molecular complexity index is 6120. The zero-order valence-corrected chi connectivity index (χ0v) is 59.0. The van der Waals surface area contributed by atoms with E-state index in [1.807, 2.05) is 0 Å². The van der Waals surface area contributed by atoms with Gasteiger partial charge >= 0.3 is 0 Å². The van der Waals surface area contributed by atoms with Gasteiger partial charge < -0.3 is 23.3 Å². The van der Waals surface area contributed by atoms with E-state index in [1.165, 1.54) is 121 Å². The van der Waals surface area contributed by atoms with Crippen LogP contribution in [-0.4, -0.2) is 20.2 Å². The van der Waals surface area contributed by atoms with Crippen LogP contribution in [0.5, 0.6) is 0 Å². The van der Waals surface area contributed by atoms with E-state index in [2.05, 4.69) is 392 Å². The predicted octanol–water partition coefficient (Wildman–Crippen LogP) is 24.4. The van der Waals surface area contributed by atoms with E-state index >= 15 is 0 Å². The minimum absolute atomic E-state index is 0.218. The van der Waals surface area contributed by atoms with E-state index in [0.29, 0.717) is 0 Å². The van der Waals surface area contributed by atoms with Gasteiger partial charge in [0, 0.05) is 88.1 Å². The van der Waals surface area contributed by atoms with Gasteiger partial charge in [-0.25, -0.2) is 0 Å². The first-order chi connectivity index (χ1) is 50.9. The summed E-state index contributed by atoms with van der Waals surface area (Å²) in [6.07, 6.45) is 0. The van der Waals surface area contributed by atoms with Crippen molar-refractivity contribution in [1.82, 2.24) is 13.5 Å². The Balaban J connectivity index is 1.02. The van der Waals surface area contributed by atoms with E-state index in [1.54, 1.807) is 0 Å². The highest BCUT2D eigenvalue weighted by Gasteiger charge is 2.49. The molecule has 0 N–H and O–H groups in total. The number of benzene rings is 15. The summed E-state index contributed by atoms with van der Waals surface area (Å²) in [6, 6.07) is 125. The first-order valence-electron chi connectivity index (χ1n) is 36.6. The zero-order valence-electron chi connectivity index (χ0n) is 59.0. The summed E-state index contributed by atoms with van der Waals surface area (Å²) in [4.78, 5) is 5.60. The molecule has 0 amide bonds. The van der Waals surface area contributed by atoms with Crippen LogP contribution in [0.15, 0.2) is 328 Å². The molecule has 0 atom stereocenters. The first-order valence-corrected chi connectivity index (χ1v) is 36.6. The number of anilines is 6. The Morgan fingerprint density at radius 2 is 0.538 bits per heavy atom. The van der Waals surface area contributed by atoms with Crippen molar-refractivity contribution in [2.75, 3.05) is 9.80 Å². The van der Waals surface area contributed by atoms with E-state index < -0.39 is 0 Å². The van der Waals surface area contributed by atoms with Crippen LogP contribution in [0.3, 0.4) is 0 Å². The van der Waals surface area contributed by atoms with Gasteiger partial charge in [0.1, 0.15) is 0 Å². The molecule has 492 valence electrons. The highest BCUT2D eigenvalue weighted by atomic mass is 15.2. The highest BCUT2D eigenvalue weighted by Crippen LogP contribution is 2.60. The summed E-state index contributed by atoms with van der Waals surface area (Å²) in [6.45, 7) is 13.9. The molecule has 0 saturated carbocycles. The summed E-state index contributed by atoms with van der Waals surface area (Å²) in [5, 5.41) is 9.77. The van der Waals surface area contributed by atoms with Gasteiger partial charge in [0.2, 0.25) is 0 Å². The lowest BCUT2D eigenvalue weighted by Gasteiger charge is -2.46. The minimum Gasteiger partial charge on any atom is -0.309 e. The van der Waals surface area contributed by atoms with Crippen molar-refractivity contribution >= 4 is 139 Å². The summed E-state index contributed by atoms with van der Waals surface area (Å²) in [7, 11) is 0. The largest absolute Gasteiger partial charge is 0.309 e. The molecule has 5 nitrogen and oxygen atoms in total. The van der Waals surface area contributed by atoms with Gasteiger partial charge in [-0.05, 0) is 146 Å². The van der Waals surface area contributed by atoms with Crippen molar-refractivity contribution in [3.63, 3.8) is 0 Å². The number of nitrogens with zero attached hydrogens (tertiary/aromatic N) is 5. The van der Waals surface area contributed by atoms with Crippen LogP contribution in [0.1, 0.15) is 52.7 Å². The Morgan fingerprint density at radius 3 is 0.846 bits per heavy atom. The Hall–Kier alpha value is -12.6. The third kappa shape index (κ3) is 8.69. The fraction of sp³-hybridized carbons (Fsp3) is 0.0816. The number of aromatic nitrogens is 3. The van der Waals surface area contributed by atoms with E-state index in [-0.39, 0.29) is 17.5 Å². The maximum atomic E-state index is 2.80. The third-order valence-corrected chi connectivity index (χ3v) is 22.8. The molecule has 19 aromatic rings. The number of rotatable bonds is 8. The molecule has 6 heteroatoms.